The molecule has 86 valence electrons. The van der Waals surface area contributed by atoms with Gasteiger partial charge in [-0.3, -0.25) is 0 Å². The number of halogens is 1. The lowest BCUT2D eigenvalue weighted by molar-refractivity contribution is -0.110. The van der Waals surface area contributed by atoms with Gasteiger partial charge in [0.15, 0.2) is 0 Å². The van der Waals surface area contributed by atoms with Crippen LogP contribution < -0.4 is 0 Å². The SMILES string of the molecule is O=CC(c1ccc(F)cc1)C1CCSCC1. The van der Waals surface area contributed by atoms with Crippen molar-refractivity contribution in [3.8, 4) is 0 Å². The third-order valence-corrected chi connectivity index (χ3v) is 4.22. The van der Waals surface area contributed by atoms with Crippen molar-refractivity contribution in [2.24, 2.45) is 5.92 Å². The molecule has 1 unspecified atom stereocenters. The quantitative estimate of drug-likeness (QED) is 0.752. The van der Waals surface area contributed by atoms with Crippen LogP contribution in [0.3, 0.4) is 0 Å². The summed E-state index contributed by atoms with van der Waals surface area (Å²) < 4.78 is 12.8. The summed E-state index contributed by atoms with van der Waals surface area (Å²) >= 11 is 1.95. The standard InChI is InChI=1S/C13H15FOS/c14-12-3-1-10(2-4-12)13(9-15)11-5-7-16-8-6-11/h1-4,9,11,13H,5-8H2. The number of benzene rings is 1. The molecular weight excluding hydrogens is 223 g/mol. The first kappa shape index (κ1) is 11.6. The molecule has 1 nitrogen and oxygen atoms in total. The van der Waals surface area contributed by atoms with Gasteiger partial charge in [-0.2, -0.15) is 11.8 Å². The minimum Gasteiger partial charge on any atom is -0.303 e. The molecule has 0 aliphatic carbocycles. The molecule has 1 aliphatic rings. The van der Waals surface area contributed by atoms with Crippen molar-refractivity contribution in [3.05, 3.63) is 35.6 Å². The number of carbonyl (C=O) groups is 1. The highest BCUT2D eigenvalue weighted by atomic mass is 32.2. The van der Waals surface area contributed by atoms with Crippen molar-refractivity contribution in [2.45, 2.75) is 18.8 Å². The second kappa shape index (κ2) is 5.48. The first-order valence-corrected chi connectivity index (χ1v) is 6.75. The van der Waals surface area contributed by atoms with E-state index in [1.54, 1.807) is 12.1 Å². The average molecular weight is 238 g/mol. The minimum atomic E-state index is -0.243. The summed E-state index contributed by atoms with van der Waals surface area (Å²) in [5.74, 6) is 2.41. The zero-order chi connectivity index (χ0) is 11.4. The molecule has 0 bridgehead atoms. The van der Waals surface area contributed by atoms with Crippen LogP contribution in [0.2, 0.25) is 0 Å². The summed E-state index contributed by atoms with van der Waals surface area (Å²) in [6, 6.07) is 6.33. The molecule has 1 saturated heterocycles. The van der Waals surface area contributed by atoms with Crippen molar-refractivity contribution in [1.29, 1.82) is 0 Å². The largest absolute Gasteiger partial charge is 0.303 e. The molecule has 2 rings (SSSR count). The highest BCUT2D eigenvalue weighted by Gasteiger charge is 2.24. The summed E-state index contributed by atoms with van der Waals surface area (Å²) in [6.45, 7) is 0. The normalized spacial score (nSPS) is 19.3. The highest BCUT2D eigenvalue weighted by Crippen LogP contribution is 2.33. The number of hydrogen-bond donors (Lipinski definition) is 0. The molecule has 0 N–H and O–H groups in total. The molecule has 1 aliphatic heterocycles. The fourth-order valence-corrected chi connectivity index (χ4v) is 3.36. The van der Waals surface area contributed by atoms with Gasteiger partial charge in [0.05, 0.1) is 0 Å². The predicted molar refractivity (Wildman–Crippen MR) is 65.3 cm³/mol. The average Bonchev–Trinajstić information content (AvgIpc) is 2.34. The summed E-state index contributed by atoms with van der Waals surface area (Å²) in [5, 5.41) is 0. The number of rotatable bonds is 3. The number of carbonyl (C=O) groups excluding carboxylic acids is 1. The Labute approximate surface area is 99.4 Å². The molecule has 1 aromatic rings. The molecule has 1 fully saturated rings. The van der Waals surface area contributed by atoms with Gasteiger partial charge < -0.3 is 4.79 Å². The predicted octanol–water partition coefficient (Wildman–Crippen LogP) is 3.25. The Balaban J connectivity index is 2.14. The van der Waals surface area contributed by atoms with Crippen LogP contribution in [0.25, 0.3) is 0 Å². The van der Waals surface area contributed by atoms with Crippen molar-refractivity contribution < 1.29 is 9.18 Å². The number of aldehydes is 1. The van der Waals surface area contributed by atoms with Crippen LogP contribution in [0.4, 0.5) is 4.39 Å². The van der Waals surface area contributed by atoms with Gasteiger partial charge in [-0.05, 0) is 48.0 Å². The second-order valence-corrected chi connectivity index (χ2v) is 5.39. The summed E-state index contributed by atoms with van der Waals surface area (Å²) in [4.78, 5) is 11.2. The first-order chi connectivity index (χ1) is 7.81. The molecule has 0 amide bonds. The maximum absolute atomic E-state index is 12.8. The molecule has 3 heteroatoms. The van der Waals surface area contributed by atoms with Crippen LogP contribution in [0.1, 0.15) is 24.3 Å². The Hall–Kier alpha value is -0.830. The Morgan fingerprint density at radius 2 is 1.88 bits per heavy atom. The van der Waals surface area contributed by atoms with Crippen molar-refractivity contribution in [2.75, 3.05) is 11.5 Å². The third kappa shape index (κ3) is 2.64. The van der Waals surface area contributed by atoms with Crippen molar-refractivity contribution >= 4 is 18.0 Å². The maximum Gasteiger partial charge on any atom is 0.127 e. The van der Waals surface area contributed by atoms with E-state index in [2.05, 4.69) is 0 Å². The lowest BCUT2D eigenvalue weighted by atomic mass is 9.83. The fraction of sp³-hybridized carbons (Fsp3) is 0.462. The van der Waals surface area contributed by atoms with E-state index in [1.165, 1.54) is 12.1 Å². The lowest BCUT2D eigenvalue weighted by Gasteiger charge is -2.26. The van der Waals surface area contributed by atoms with Gasteiger partial charge in [-0.25, -0.2) is 4.39 Å². The number of thioether (sulfide) groups is 1. The van der Waals surface area contributed by atoms with Crippen LogP contribution >= 0.6 is 11.8 Å². The topological polar surface area (TPSA) is 17.1 Å². The zero-order valence-corrected chi connectivity index (χ0v) is 9.88. The van der Waals surface area contributed by atoms with E-state index in [9.17, 15) is 9.18 Å². The Bertz CT molecular complexity index is 343. The van der Waals surface area contributed by atoms with Crippen molar-refractivity contribution in [1.82, 2.24) is 0 Å². The van der Waals surface area contributed by atoms with E-state index in [4.69, 9.17) is 0 Å². The molecule has 0 aromatic heterocycles. The van der Waals surface area contributed by atoms with E-state index in [-0.39, 0.29) is 11.7 Å². The molecule has 1 heterocycles. The number of hydrogen-bond acceptors (Lipinski definition) is 2. The maximum atomic E-state index is 12.8. The van der Waals surface area contributed by atoms with Crippen LogP contribution in [0.5, 0.6) is 0 Å². The van der Waals surface area contributed by atoms with E-state index >= 15 is 0 Å². The summed E-state index contributed by atoms with van der Waals surface area (Å²) in [6.07, 6.45) is 3.20. The molecule has 0 saturated carbocycles. The highest BCUT2D eigenvalue weighted by molar-refractivity contribution is 7.99. The van der Waals surface area contributed by atoms with E-state index in [0.717, 1.165) is 36.2 Å². The van der Waals surface area contributed by atoms with Gasteiger partial charge in [0.25, 0.3) is 0 Å². The van der Waals surface area contributed by atoms with Gasteiger partial charge >= 0.3 is 0 Å². The van der Waals surface area contributed by atoms with E-state index < -0.39 is 0 Å². The van der Waals surface area contributed by atoms with Crippen molar-refractivity contribution in [3.63, 3.8) is 0 Å². The van der Waals surface area contributed by atoms with Gasteiger partial charge in [-0.15, -0.1) is 0 Å². The summed E-state index contributed by atoms with van der Waals surface area (Å²) in [7, 11) is 0. The van der Waals surface area contributed by atoms with Crippen LogP contribution in [0.15, 0.2) is 24.3 Å². The molecular formula is C13H15FOS. The minimum absolute atomic E-state index is 0.0542. The van der Waals surface area contributed by atoms with Gasteiger partial charge in [-0.1, -0.05) is 12.1 Å². The van der Waals surface area contributed by atoms with Crippen LogP contribution in [0, 0.1) is 11.7 Å². The van der Waals surface area contributed by atoms with Gasteiger partial charge in [0, 0.05) is 5.92 Å². The Morgan fingerprint density at radius 3 is 2.44 bits per heavy atom. The lowest BCUT2D eigenvalue weighted by Crippen LogP contribution is -2.19. The Kier molecular flexibility index (Phi) is 3.99. The second-order valence-electron chi connectivity index (χ2n) is 4.16. The van der Waals surface area contributed by atoms with Gasteiger partial charge in [0.2, 0.25) is 0 Å². The third-order valence-electron chi connectivity index (χ3n) is 3.18. The first-order valence-electron chi connectivity index (χ1n) is 5.60. The van der Waals surface area contributed by atoms with Crippen LogP contribution in [-0.4, -0.2) is 17.8 Å². The van der Waals surface area contributed by atoms with Crippen LogP contribution in [-0.2, 0) is 4.79 Å². The smallest absolute Gasteiger partial charge is 0.127 e. The fourth-order valence-electron chi connectivity index (χ4n) is 2.22. The monoisotopic (exact) mass is 238 g/mol. The summed E-state index contributed by atoms with van der Waals surface area (Å²) in [5.41, 5.74) is 0.952. The molecule has 1 aromatic carbocycles. The molecule has 1 atom stereocenters. The zero-order valence-electron chi connectivity index (χ0n) is 9.06. The van der Waals surface area contributed by atoms with Gasteiger partial charge in [0.1, 0.15) is 12.1 Å². The van der Waals surface area contributed by atoms with E-state index in [1.807, 2.05) is 11.8 Å². The Morgan fingerprint density at radius 1 is 1.25 bits per heavy atom. The molecule has 0 spiro atoms. The van der Waals surface area contributed by atoms with E-state index in [0.29, 0.717) is 5.92 Å². The molecule has 16 heavy (non-hydrogen) atoms. The molecule has 0 radical (unpaired) electrons.